The van der Waals surface area contributed by atoms with Crippen LogP contribution in [0.1, 0.15) is 48.0 Å². The molecule has 1 saturated heterocycles. The molecule has 11 heteroatoms. The number of rotatable bonds is 9. The molecule has 0 spiro atoms. The Morgan fingerprint density at radius 1 is 1.32 bits per heavy atom. The monoisotopic (exact) mass is 554 g/mol. The van der Waals surface area contributed by atoms with Crippen LogP contribution in [-0.4, -0.2) is 85.2 Å². The number of aliphatic imine (C=N–C) groups is 1. The molecule has 1 atom stereocenters. The van der Waals surface area contributed by atoms with Crippen LogP contribution in [0.25, 0.3) is 0 Å². The molecule has 3 N–H and O–H groups in total. The topological polar surface area (TPSA) is 115 Å². The molecule has 0 aromatic rings. The third-order valence-electron chi connectivity index (χ3n) is 4.50. The van der Waals surface area contributed by atoms with Crippen LogP contribution < -0.4 is 16.0 Å². The second kappa shape index (κ2) is 13.6. The number of carbonyl (C=O) groups excluding carboxylic acids is 3. The summed E-state index contributed by atoms with van der Waals surface area (Å²) in [5.41, 5.74) is -0.541. The lowest BCUT2D eigenvalue weighted by molar-refractivity contribution is -0.124. The highest BCUT2D eigenvalue weighted by molar-refractivity contribution is 14.0. The molecule has 1 rings (SSSR count). The van der Waals surface area contributed by atoms with E-state index in [2.05, 4.69) is 34.8 Å². The summed E-state index contributed by atoms with van der Waals surface area (Å²) in [4.78, 5) is 43.1. The molecular weight excluding hydrogens is 515 g/mol. The van der Waals surface area contributed by atoms with E-state index in [1.165, 1.54) is 4.90 Å². The van der Waals surface area contributed by atoms with Gasteiger partial charge in [0.05, 0.1) is 19.6 Å². The van der Waals surface area contributed by atoms with E-state index in [9.17, 15) is 14.4 Å². The van der Waals surface area contributed by atoms with E-state index < -0.39 is 11.7 Å². The molecule has 4 amide bonds. The minimum atomic E-state index is -0.541. The Morgan fingerprint density at radius 2 is 1.97 bits per heavy atom. The molecule has 180 valence electrons. The van der Waals surface area contributed by atoms with Gasteiger partial charge >= 0.3 is 12.1 Å². The molecule has 1 unspecified atom stereocenters. The van der Waals surface area contributed by atoms with Crippen molar-refractivity contribution < 1.29 is 19.1 Å². The van der Waals surface area contributed by atoms with Crippen molar-refractivity contribution >= 4 is 48.0 Å². The zero-order valence-corrected chi connectivity index (χ0v) is 22.1. The second-order valence-electron chi connectivity index (χ2n) is 8.65. The number of amides is 4. The van der Waals surface area contributed by atoms with E-state index in [-0.39, 0.29) is 61.0 Å². The summed E-state index contributed by atoms with van der Waals surface area (Å²) in [6.07, 6.45) is 0.295. The quantitative estimate of drug-likeness (QED) is 0.174. The molecule has 0 bridgehead atoms. The van der Waals surface area contributed by atoms with Gasteiger partial charge in [-0.3, -0.25) is 14.7 Å². The van der Waals surface area contributed by atoms with Gasteiger partial charge in [0, 0.05) is 26.2 Å². The fourth-order valence-electron chi connectivity index (χ4n) is 2.88. The molecule has 1 aliphatic heterocycles. The SMILES string of the molecule is CCNC(=NCCN1C(=O)CNC1=O)N(C)CCC(NC(=O)OC(C)(C)C)C(C)C.I. The van der Waals surface area contributed by atoms with Gasteiger partial charge in [-0.1, -0.05) is 13.8 Å². The van der Waals surface area contributed by atoms with Crippen LogP contribution in [0.15, 0.2) is 4.99 Å². The van der Waals surface area contributed by atoms with Gasteiger partial charge < -0.3 is 25.6 Å². The Kier molecular flexibility index (Phi) is 12.8. The summed E-state index contributed by atoms with van der Waals surface area (Å²) >= 11 is 0. The van der Waals surface area contributed by atoms with Gasteiger partial charge in [0.25, 0.3) is 0 Å². The zero-order valence-electron chi connectivity index (χ0n) is 19.8. The molecule has 1 fully saturated rings. The van der Waals surface area contributed by atoms with E-state index in [4.69, 9.17) is 4.74 Å². The molecule has 0 aliphatic carbocycles. The fourth-order valence-corrected chi connectivity index (χ4v) is 2.88. The Morgan fingerprint density at radius 3 is 2.45 bits per heavy atom. The lowest BCUT2D eigenvalue weighted by Crippen LogP contribution is -2.45. The van der Waals surface area contributed by atoms with Crippen molar-refractivity contribution in [2.75, 3.05) is 39.8 Å². The van der Waals surface area contributed by atoms with Crippen LogP contribution in [0.4, 0.5) is 9.59 Å². The van der Waals surface area contributed by atoms with Crippen molar-refractivity contribution in [2.45, 2.75) is 59.6 Å². The maximum atomic E-state index is 12.1. The first-order chi connectivity index (χ1) is 13.9. The fraction of sp³-hybridized carbons (Fsp3) is 0.800. The first-order valence-corrected chi connectivity index (χ1v) is 10.5. The third-order valence-corrected chi connectivity index (χ3v) is 4.50. The van der Waals surface area contributed by atoms with Gasteiger partial charge in [-0.05, 0) is 40.0 Å². The average Bonchev–Trinajstić information content (AvgIpc) is 2.94. The van der Waals surface area contributed by atoms with Crippen molar-refractivity contribution in [1.82, 2.24) is 25.8 Å². The Hall–Kier alpha value is -1.79. The summed E-state index contributed by atoms with van der Waals surface area (Å²) in [6, 6.07) is -0.419. The molecule has 10 nitrogen and oxygen atoms in total. The number of urea groups is 1. The minimum Gasteiger partial charge on any atom is -0.444 e. The number of alkyl carbamates (subject to hydrolysis) is 1. The minimum absolute atomic E-state index is 0. The summed E-state index contributed by atoms with van der Waals surface area (Å²) in [7, 11) is 1.92. The number of carbonyl (C=O) groups is 3. The Balaban J connectivity index is 0.00000900. The molecule has 0 radical (unpaired) electrons. The molecule has 31 heavy (non-hydrogen) atoms. The smallest absolute Gasteiger partial charge is 0.407 e. The number of imide groups is 1. The number of nitrogens with zero attached hydrogens (tertiary/aromatic N) is 3. The molecule has 0 saturated carbocycles. The largest absolute Gasteiger partial charge is 0.444 e. The van der Waals surface area contributed by atoms with Crippen molar-refractivity contribution in [1.29, 1.82) is 0 Å². The predicted molar refractivity (Wildman–Crippen MR) is 132 cm³/mol. The van der Waals surface area contributed by atoms with Crippen LogP contribution in [0.5, 0.6) is 0 Å². The van der Waals surface area contributed by atoms with Crippen LogP contribution >= 0.6 is 24.0 Å². The highest BCUT2D eigenvalue weighted by atomic mass is 127. The maximum absolute atomic E-state index is 12.1. The summed E-state index contributed by atoms with van der Waals surface area (Å²) < 4.78 is 5.37. The average molecular weight is 554 g/mol. The van der Waals surface area contributed by atoms with E-state index in [1.54, 1.807) is 0 Å². The van der Waals surface area contributed by atoms with Gasteiger partial charge in [0.15, 0.2) is 5.96 Å². The third kappa shape index (κ3) is 10.9. The van der Waals surface area contributed by atoms with Crippen LogP contribution in [0.2, 0.25) is 0 Å². The van der Waals surface area contributed by atoms with Gasteiger partial charge in [0.2, 0.25) is 5.91 Å². The van der Waals surface area contributed by atoms with Crippen molar-refractivity contribution in [3.63, 3.8) is 0 Å². The normalized spacial score (nSPS) is 15.4. The summed E-state index contributed by atoms with van der Waals surface area (Å²) in [5, 5.41) is 8.66. The number of hydrogen-bond acceptors (Lipinski definition) is 5. The van der Waals surface area contributed by atoms with Gasteiger partial charge in [-0.2, -0.15) is 0 Å². The molecule has 1 heterocycles. The highest BCUT2D eigenvalue weighted by Crippen LogP contribution is 2.11. The van der Waals surface area contributed by atoms with E-state index >= 15 is 0 Å². The second-order valence-corrected chi connectivity index (χ2v) is 8.65. The molecular formula is C20H39IN6O4. The van der Waals surface area contributed by atoms with Crippen molar-refractivity contribution in [3.05, 3.63) is 0 Å². The van der Waals surface area contributed by atoms with Crippen LogP contribution in [-0.2, 0) is 9.53 Å². The predicted octanol–water partition coefficient (Wildman–Crippen LogP) is 1.99. The Bertz CT molecular complexity index is 620. The van der Waals surface area contributed by atoms with Crippen LogP contribution in [0.3, 0.4) is 0 Å². The molecule has 0 aromatic carbocycles. The first-order valence-electron chi connectivity index (χ1n) is 10.5. The number of halogens is 1. The van der Waals surface area contributed by atoms with Crippen molar-refractivity contribution in [3.8, 4) is 0 Å². The maximum Gasteiger partial charge on any atom is 0.407 e. The van der Waals surface area contributed by atoms with E-state index in [0.29, 0.717) is 32.0 Å². The lowest BCUT2D eigenvalue weighted by Gasteiger charge is -2.28. The van der Waals surface area contributed by atoms with Gasteiger partial charge in [0.1, 0.15) is 5.60 Å². The van der Waals surface area contributed by atoms with E-state index in [1.807, 2.05) is 39.6 Å². The number of hydrogen-bond donors (Lipinski definition) is 3. The molecule has 1 aliphatic rings. The number of nitrogens with one attached hydrogen (secondary N) is 3. The highest BCUT2D eigenvalue weighted by Gasteiger charge is 2.27. The number of ether oxygens (including phenoxy) is 1. The van der Waals surface area contributed by atoms with Crippen molar-refractivity contribution in [2.24, 2.45) is 10.9 Å². The Labute approximate surface area is 202 Å². The van der Waals surface area contributed by atoms with E-state index in [0.717, 1.165) is 0 Å². The van der Waals surface area contributed by atoms with Gasteiger partial charge in [-0.25, -0.2) is 9.59 Å². The summed E-state index contributed by atoms with van der Waals surface area (Å²) in [5.74, 6) is 0.691. The molecule has 0 aromatic heterocycles. The number of guanidine groups is 1. The standard InChI is InChI=1S/C20H38N6O4.HI/c1-8-21-17(22-10-12-26-16(27)13-23-18(26)28)25(7)11-9-15(14(2)3)24-19(29)30-20(4,5)6;/h14-15H,8-13H2,1-7H3,(H,21,22)(H,23,28)(H,24,29);1H. The zero-order chi connectivity index (χ0) is 22.9. The van der Waals surface area contributed by atoms with Crippen LogP contribution in [0, 0.1) is 5.92 Å². The summed E-state index contributed by atoms with van der Waals surface area (Å²) in [6.45, 7) is 13.5. The first kappa shape index (κ1) is 29.2. The van der Waals surface area contributed by atoms with Gasteiger partial charge in [-0.15, -0.1) is 24.0 Å². The lowest BCUT2D eigenvalue weighted by atomic mass is 10.0.